The van der Waals surface area contributed by atoms with E-state index in [2.05, 4.69) is 13.0 Å². The second-order valence-corrected chi connectivity index (χ2v) is 4.61. The summed E-state index contributed by atoms with van der Waals surface area (Å²) in [7, 11) is 0. The topological polar surface area (TPSA) is 21.8 Å². The van der Waals surface area contributed by atoms with Gasteiger partial charge >= 0.3 is 0 Å². The molecule has 0 bridgehead atoms. The van der Waals surface area contributed by atoms with Crippen molar-refractivity contribution in [2.24, 2.45) is 0 Å². The summed E-state index contributed by atoms with van der Waals surface area (Å²) in [5.74, 6) is 2.17. The van der Waals surface area contributed by atoms with Crippen molar-refractivity contribution in [3.05, 3.63) is 60.2 Å². The molecule has 0 saturated carbocycles. The summed E-state index contributed by atoms with van der Waals surface area (Å²) in [5, 5.41) is 0. The van der Waals surface area contributed by atoms with Crippen LogP contribution < -0.4 is 4.74 Å². The Morgan fingerprint density at radius 3 is 2.44 bits per heavy atom. The fourth-order valence-electron chi connectivity index (χ4n) is 2.11. The molecule has 0 aromatic heterocycles. The summed E-state index contributed by atoms with van der Waals surface area (Å²) < 4.78 is 11.3. The first-order valence-electron chi connectivity index (χ1n) is 6.28. The molecule has 2 aromatic carbocycles. The van der Waals surface area contributed by atoms with Crippen LogP contribution in [0.1, 0.15) is 18.4 Å². The Morgan fingerprint density at radius 2 is 1.72 bits per heavy atom. The first-order valence-corrected chi connectivity index (χ1v) is 6.28. The van der Waals surface area contributed by atoms with E-state index in [4.69, 9.17) is 9.47 Å². The zero-order valence-corrected chi connectivity index (χ0v) is 10.4. The van der Waals surface area contributed by atoms with E-state index in [0.29, 0.717) is 12.0 Å². The largest absolute Gasteiger partial charge is 0.457 e. The minimum Gasteiger partial charge on any atom is -0.457 e. The van der Waals surface area contributed by atoms with Crippen molar-refractivity contribution < 1.29 is 9.47 Å². The molecule has 0 N–H and O–H groups in total. The lowest BCUT2D eigenvalue weighted by Gasteiger charge is -2.15. The minimum absolute atomic E-state index is 0.352. The van der Waals surface area contributed by atoms with Gasteiger partial charge in [-0.3, -0.25) is 0 Å². The van der Waals surface area contributed by atoms with Gasteiger partial charge in [0, 0.05) is 11.5 Å². The molecule has 1 aliphatic rings. The van der Waals surface area contributed by atoms with Crippen LogP contribution in [-0.2, 0) is 4.74 Å². The SMILES string of the molecule is CC(c1ccccc1Oc1ccccc1)C1CO1. The average Bonchev–Trinajstić information content (AvgIpc) is 3.24. The summed E-state index contributed by atoms with van der Waals surface area (Å²) in [5.41, 5.74) is 1.21. The second-order valence-electron chi connectivity index (χ2n) is 4.61. The summed E-state index contributed by atoms with van der Waals surface area (Å²) >= 11 is 0. The Labute approximate surface area is 107 Å². The van der Waals surface area contributed by atoms with E-state index in [1.165, 1.54) is 5.56 Å². The second kappa shape index (κ2) is 4.83. The molecular formula is C16H16O2. The van der Waals surface area contributed by atoms with Gasteiger partial charge in [0.1, 0.15) is 11.5 Å². The molecule has 2 unspecified atom stereocenters. The molecule has 0 amide bonds. The van der Waals surface area contributed by atoms with Crippen LogP contribution in [0.15, 0.2) is 54.6 Å². The number of para-hydroxylation sites is 2. The fraction of sp³-hybridized carbons (Fsp3) is 0.250. The van der Waals surface area contributed by atoms with Crippen LogP contribution in [0.25, 0.3) is 0 Å². The molecule has 0 aliphatic carbocycles. The summed E-state index contributed by atoms with van der Waals surface area (Å²) in [6.07, 6.45) is 0.352. The maximum atomic E-state index is 5.95. The zero-order chi connectivity index (χ0) is 12.4. The number of ether oxygens (including phenoxy) is 2. The number of benzene rings is 2. The van der Waals surface area contributed by atoms with E-state index in [9.17, 15) is 0 Å². The quantitative estimate of drug-likeness (QED) is 0.754. The smallest absolute Gasteiger partial charge is 0.130 e. The zero-order valence-electron chi connectivity index (χ0n) is 10.4. The van der Waals surface area contributed by atoms with E-state index in [1.54, 1.807) is 0 Å². The predicted octanol–water partition coefficient (Wildman–Crippen LogP) is 3.98. The minimum atomic E-state index is 0.352. The number of hydrogen-bond donors (Lipinski definition) is 0. The van der Waals surface area contributed by atoms with Gasteiger partial charge in [0.2, 0.25) is 0 Å². The van der Waals surface area contributed by atoms with E-state index in [1.807, 2.05) is 48.5 Å². The van der Waals surface area contributed by atoms with Crippen LogP contribution in [0, 0.1) is 0 Å². The maximum Gasteiger partial charge on any atom is 0.130 e. The highest BCUT2D eigenvalue weighted by Crippen LogP contribution is 2.36. The van der Waals surface area contributed by atoms with E-state index in [-0.39, 0.29) is 0 Å². The van der Waals surface area contributed by atoms with Crippen molar-refractivity contribution in [1.82, 2.24) is 0 Å². The third kappa shape index (κ3) is 2.39. The van der Waals surface area contributed by atoms with Gasteiger partial charge in [-0.2, -0.15) is 0 Å². The highest BCUT2D eigenvalue weighted by atomic mass is 16.6. The highest BCUT2D eigenvalue weighted by Gasteiger charge is 2.32. The third-order valence-corrected chi connectivity index (χ3v) is 3.30. The van der Waals surface area contributed by atoms with Crippen LogP contribution in [0.2, 0.25) is 0 Å². The molecule has 1 heterocycles. The Bertz CT molecular complexity index is 518. The molecule has 0 spiro atoms. The first kappa shape index (κ1) is 11.3. The van der Waals surface area contributed by atoms with Gasteiger partial charge in [0.25, 0.3) is 0 Å². The predicted molar refractivity (Wildman–Crippen MR) is 71.1 cm³/mol. The van der Waals surface area contributed by atoms with Crippen LogP contribution >= 0.6 is 0 Å². The third-order valence-electron chi connectivity index (χ3n) is 3.30. The van der Waals surface area contributed by atoms with Crippen molar-refractivity contribution in [3.63, 3.8) is 0 Å². The van der Waals surface area contributed by atoms with Gasteiger partial charge in [-0.15, -0.1) is 0 Å². The number of epoxide rings is 1. The molecule has 1 saturated heterocycles. The molecule has 1 aliphatic heterocycles. The molecule has 2 atom stereocenters. The molecule has 2 heteroatoms. The normalized spacial score (nSPS) is 19.3. The van der Waals surface area contributed by atoms with Crippen LogP contribution in [0.3, 0.4) is 0 Å². The monoisotopic (exact) mass is 240 g/mol. The molecular weight excluding hydrogens is 224 g/mol. The van der Waals surface area contributed by atoms with Crippen molar-refractivity contribution in [1.29, 1.82) is 0 Å². The molecule has 2 nitrogen and oxygen atoms in total. The van der Waals surface area contributed by atoms with Gasteiger partial charge < -0.3 is 9.47 Å². The summed E-state index contributed by atoms with van der Waals surface area (Å²) in [4.78, 5) is 0. The van der Waals surface area contributed by atoms with Crippen molar-refractivity contribution in [2.75, 3.05) is 6.61 Å². The molecule has 3 rings (SSSR count). The van der Waals surface area contributed by atoms with Gasteiger partial charge in [0.15, 0.2) is 0 Å². The van der Waals surface area contributed by atoms with Gasteiger partial charge in [0.05, 0.1) is 12.7 Å². The Balaban J connectivity index is 1.87. The van der Waals surface area contributed by atoms with Crippen molar-refractivity contribution in [3.8, 4) is 11.5 Å². The molecule has 0 radical (unpaired) electrons. The fourth-order valence-corrected chi connectivity index (χ4v) is 2.11. The van der Waals surface area contributed by atoms with Crippen LogP contribution in [0.4, 0.5) is 0 Å². The number of rotatable bonds is 4. The van der Waals surface area contributed by atoms with E-state index < -0.39 is 0 Å². The maximum absolute atomic E-state index is 5.95. The Morgan fingerprint density at radius 1 is 1.06 bits per heavy atom. The lowest BCUT2D eigenvalue weighted by atomic mass is 9.97. The first-order chi connectivity index (χ1) is 8.84. The molecule has 2 aromatic rings. The lowest BCUT2D eigenvalue weighted by molar-refractivity contribution is 0.376. The van der Waals surface area contributed by atoms with Crippen molar-refractivity contribution in [2.45, 2.75) is 18.9 Å². The Hall–Kier alpha value is -1.80. The van der Waals surface area contributed by atoms with Crippen LogP contribution in [-0.4, -0.2) is 12.7 Å². The molecule has 1 fully saturated rings. The van der Waals surface area contributed by atoms with Gasteiger partial charge in [-0.25, -0.2) is 0 Å². The van der Waals surface area contributed by atoms with Gasteiger partial charge in [-0.1, -0.05) is 43.3 Å². The van der Waals surface area contributed by atoms with Gasteiger partial charge in [-0.05, 0) is 18.2 Å². The molecule has 18 heavy (non-hydrogen) atoms. The van der Waals surface area contributed by atoms with E-state index in [0.717, 1.165) is 18.1 Å². The summed E-state index contributed by atoms with van der Waals surface area (Å²) in [6, 6.07) is 18.1. The standard InChI is InChI=1S/C16H16O2/c1-12(16-11-17-16)14-9-5-6-10-15(14)18-13-7-3-2-4-8-13/h2-10,12,16H,11H2,1H3. The van der Waals surface area contributed by atoms with Crippen molar-refractivity contribution >= 4 is 0 Å². The highest BCUT2D eigenvalue weighted by molar-refractivity contribution is 5.40. The van der Waals surface area contributed by atoms with Crippen LogP contribution in [0.5, 0.6) is 11.5 Å². The lowest BCUT2D eigenvalue weighted by Crippen LogP contribution is -2.03. The Kier molecular flexibility index (Phi) is 3.03. The molecule has 92 valence electrons. The average molecular weight is 240 g/mol. The summed E-state index contributed by atoms with van der Waals surface area (Å²) in [6.45, 7) is 3.05. The number of hydrogen-bond acceptors (Lipinski definition) is 2. The van der Waals surface area contributed by atoms with E-state index >= 15 is 0 Å².